The maximum Gasteiger partial charge on any atom is 0.273 e. The second-order valence-electron chi connectivity index (χ2n) is 6.36. The first-order valence-corrected chi connectivity index (χ1v) is 8.65. The van der Waals surface area contributed by atoms with Gasteiger partial charge in [-0.05, 0) is 35.9 Å². The predicted octanol–water partition coefficient (Wildman–Crippen LogP) is 3.47. The van der Waals surface area contributed by atoms with Gasteiger partial charge in [-0.3, -0.25) is 14.7 Å². The van der Waals surface area contributed by atoms with Crippen molar-refractivity contribution in [2.24, 2.45) is 0 Å². The second kappa shape index (κ2) is 6.92. The predicted molar refractivity (Wildman–Crippen MR) is 106 cm³/mol. The summed E-state index contributed by atoms with van der Waals surface area (Å²) in [6.45, 7) is 1.64. The number of aromatic amines is 1. The molecule has 1 heterocycles. The van der Waals surface area contributed by atoms with Crippen molar-refractivity contribution in [3.8, 4) is 0 Å². The summed E-state index contributed by atoms with van der Waals surface area (Å²) in [6, 6.07) is 20.3. The molecular weight excluding hydrogens is 340 g/mol. The van der Waals surface area contributed by atoms with E-state index >= 15 is 0 Å². The van der Waals surface area contributed by atoms with E-state index in [1.807, 2.05) is 66.7 Å². The summed E-state index contributed by atoms with van der Waals surface area (Å²) in [5, 5.41) is 15.3. The van der Waals surface area contributed by atoms with Crippen LogP contribution in [0.2, 0.25) is 0 Å². The molecule has 0 aliphatic heterocycles. The third kappa shape index (κ3) is 3.37. The minimum atomic E-state index is -0.709. The fourth-order valence-corrected chi connectivity index (χ4v) is 2.98. The Kier molecular flexibility index (Phi) is 4.30. The molecule has 27 heavy (non-hydrogen) atoms. The van der Waals surface area contributed by atoms with Crippen LogP contribution < -0.4 is 10.6 Å². The van der Waals surface area contributed by atoms with Crippen LogP contribution in [0.25, 0.3) is 21.7 Å². The maximum absolute atomic E-state index is 12.5. The summed E-state index contributed by atoms with van der Waals surface area (Å²) in [4.78, 5) is 25.0. The largest absolute Gasteiger partial charge is 0.339 e. The first kappa shape index (κ1) is 16.8. The van der Waals surface area contributed by atoms with Gasteiger partial charge in [-0.15, -0.1) is 0 Å². The molecule has 1 atom stereocenters. The Bertz CT molecular complexity index is 1150. The van der Waals surface area contributed by atoms with Gasteiger partial charge < -0.3 is 10.6 Å². The molecule has 0 saturated heterocycles. The van der Waals surface area contributed by atoms with Gasteiger partial charge in [0.25, 0.3) is 5.91 Å². The highest BCUT2D eigenvalue weighted by Crippen LogP contribution is 2.19. The molecule has 0 bridgehead atoms. The smallest absolute Gasteiger partial charge is 0.273 e. The summed E-state index contributed by atoms with van der Waals surface area (Å²) in [7, 11) is 0. The van der Waals surface area contributed by atoms with Crippen LogP contribution in [-0.4, -0.2) is 28.1 Å². The van der Waals surface area contributed by atoms with Crippen molar-refractivity contribution >= 4 is 39.2 Å². The topological polar surface area (TPSA) is 86.9 Å². The Balaban J connectivity index is 1.46. The molecule has 4 rings (SSSR count). The Labute approximate surface area is 155 Å². The zero-order chi connectivity index (χ0) is 18.8. The van der Waals surface area contributed by atoms with E-state index in [2.05, 4.69) is 20.8 Å². The molecule has 2 amide bonds. The van der Waals surface area contributed by atoms with Crippen LogP contribution in [0.4, 0.5) is 5.69 Å². The molecule has 134 valence electrons. The van der Waals surface area contributed by atoms with Crippen molar-refractivity contribution in [2.45, 2.75) is 13.0 Å². The third-order valence-corrected chi connectivity index (χ3v) is 4.44. The number of hydrogen-bond donors (Lipinski definition) is 3. The first-order chi connectivity index (χ1) is 13.1. The van der Waals surface area contributed by atoms with Gasteiger partial charge in [0.2, 0.25) is 5.91 Å². The van der Waals surface area contributed by atoms with Gasteiger partial charge in [-0.1, -0.05) is 48.5 Å². The number of carbonyl (C=O) groups excluding carboxylic acids is 2. The van der Waals surface area contributed by atoms with Crippen molar-refractivity contribution in [3.63, 3.8) is 0 Å². The molecule has 0 saturated carbocycles. The molecule has 1 aromatic heterocycles. The summed E-state index contributed by atoms with van der Waals surface area (Å²) >= 11 is 0. The maximum atomic E-state index is 12.5. The molecule has 6 nitrogen and oxygen atoms in total. The van der Waals surface area contributed by atoms with E-state index in [0.717, 1.165) is 21.7 Å². The molecule has 0 spiro atoms. The van der Waals surface area contributed by atoms with Gasteiger partial charge in [-0.25, -0.2) is 0 Å². The van der Waals surface area contributed by atoms with Gasteiger partial charge in [0, 0.05) is 11.1 Å². The number of carbonyl (C=O) groups is 2. The van der Waals surface area contributed by atoms with Gasteiger partial charge >= 0.3 is 0 Å². The number of rotatable bonds is 4. The average Bonchev–Trinajstić information content (AvgIpc) is 3.12. The Hall–Kier alpha value is -3.67. The Morgan fingerprint density at radius 1 is 0.963 bits per heavy atom. The standard InChI is InChI=1S/C21H18N4O2/c1-13(22-21(27)19-17-8-4-5-9-18(17)24-25-19)20(26)23-16-11-10-14-6-2-3-7-15(14)12-16/h2-13H,1H3,(H,22,27)(H,23,26)(H,24,25). The molecule has 0 aliphatic carbocycles. The average molecular weight is 358 g/mol. The lowest BCUT2D eigenvalue weighted by molar-refractivity contribution is -0.117. The van der Waals surface area contributed by atoms with Crippen molar-refractivity contribution in [2.75, 3.05) is 5.32 Å². The van der Waals surface area contributed by atoms with Crippen LogP contribution in [0, 0.1) is 0 Å². The molecule has 3 N–H and O–H groups in total. The number of H-pyrrole nitrogens is 1. The van der Waals surface area contributed by atoms with E-state index in [1.165, 1.54) is 0 Å². The minimum absolute atomic E-state index is 0.274. The van der Waals surface area contributed by atoms with Gasteiger partial charge in [0.15, 0.2) is 5.69 Å². The van der Waals surface area contributed by atoms with E-state index in [-0.39, 0.29) is 11.6 Å². The monoisotopic (exact) mass is 358 g/mol. The molecule has 1 unspecified atom stereocenters. The molecular formula is C21H18N4O2. The van der Waals surface area contributed by atoms with E-state index in [9.17, 15) is 9.59 Å². The van der Waals surface area contributed by atoms with Crippen molar-refractivity contribution in [1.82, 2.24) is 15.5 Å². The number of aromatic nitrogens is 2. The molecule has 6 heteroatoms. The number of nitrogens with one attached hydrogen (secondary N) is 3. The number of fused-ring (bicyclic) bond motifs is 2. The molecule has 0 fully saturated rings. The van der Waals surface area contributed by atoms with Crippen LogP contribution in [0.5, 0.6) is 0 Å². The lowest BCUT2D eigenvalue weighted by Crippen LogP contribution is -2.41. The van der Waals surface area contributed by atoms with Crippen molar-refractivity contribution in [1.29, 1.82) is 0 Å². The number of hydrogen-bond acceptors (Lipinski definition) is 3. The molecule has 0 radical (unpaired) electrons. The summed E-state index contributed by atoms with van der Waals surface area (Å²) in [5.74, 6) is -0.688. The SMILES string of the molecule is CC(NC(=O)c1n[nH]c2ccccc12)C(=O)Nc1ccc2ccccc2c1. The number of para-hydroxylation sites is 1. The quantitative estimate of drug-likeness (QED) is 0.522. The van der Waals surface area contributed by atoms with Crippen LogP contribution in [0.3, 0.4) is 0 Å². The summed E-state index contributed by atoms with van der Waals surface area (Å²) in [6.07, 6.45) is 0. The van der Waals surface area contributed by atoms with Crippen LogP contribution in [-0.2, 0) is 4.79 Å². The molecule has 0 aliphatic rings. The normalized spacial score (nSPS) is 12.0. The van der Waals surface area contributed by atoms with Gasteiger partial charge in [0.1, 0.15) is 6.04 Å². The van der Waals surface area contributed by atoms with Crippen LogP contribution >= 0.6 is 0 Å². The number of anilines is 1. The molecule has 4 aromatic rings. The third-order valence-electron chi connectivity index (χ3n) is 4.44. The van der Waals surface area contributed by atoms with Gasteiger partial charge in [0.05, 0.1) is 5.52 Å². The highest BCUT2D eigenvalue weighted by Gasteiger charge is 2.20. The van der Waals surface area contributed by atoms with E-state index in [0.29, 0.717) is 5.69 Å². The highest BCUT2D eigenvalue weighted by atomic mass is 16.2. The van der Waals surface area contributed by atoms with Crippen LogP contribution in [0.15, 0.2) is 66.7 Å². The van der Waals surface area contributed by atoms with Crippen molar-refractivity contribution in [3.05, 3.63) is 72.4 Å². The zero-order valence-corrected chi connectivity index (χ0v) is 14.7. The fourth-order valence-electron chi connectivity index (χ4n) is 2.98. The molecule has 3 aromatic carbocycles. The lowest BCUT2D eigenvalue weighted by Gasteiger charge is -2.14. The minimum Gasteiger partial charge on any atom is -0.339 e. The lowest BCUT2D eigenvalue weighted by atomic mass is 10.1. The highest BCUT2D eigenvalue weighted by molar-refractivity contribution is 6.07. The zero-order valence-electron chi connectivity index (χ0n) is 14.7. The number of nitrogens with zero attached hydrogens (tertiary/aromatic N) is 1. The first-order valence-electron chi connectivity index (χ1n) is 8.65. The van der Waals surface area contributed by atoms with Crippen molar-refractivity contribution < 1.29 is 9.59 Å². The Morgan fingerprint density at radius 3 is 2.56 bits per heavy atom. The van der Waals surface area contributed by atoms with Gasteiger partial charge in [-0.2, -0.15) is 5.10 Å². The van der Waals surface area contributed by atoms with E-state index in [4.69, 9.17) is 0 Å². The Morgan fingerprint density at radius 2 is 1.70 bits per heavy atom. The second-order valence-corrected chi connectivity index (χ2v) is 6.36. The fraction of sp³-hybridized carbons (Fsp3) is 0.0952. The van der Waals surface area contributed by atoms with E-state index < -0.39 is 11.9 Å². The number of benzene rings is 3. The van der Waals surface area contributed by atoms with E-state index in [1.54, 1.807) is 6.92 Å². The summed E-state index contributed by atoms with van der Waals surface area (Å²) in [5.41, 5.74) is 1.73. The van der Waals surface area contributed by atoms with Crippen LogP contribution in [0.1, 0.15) is 17.4 Å². The number of amides is 2. The summed E-state index contributed by atoms with van der Waals surface area (Å²) < 4.78 is 0.